The minimum Gasteiger partial charge on any atom is -0.345 e. The number of imidazole rings is 1. The average molecular weight is 327 g/mol. The summed E-state index contributed by atoms with van der Waals surface area (Å²) in [7, 11) is 0. The van der Waals surface area contributed by atoms with Crippen molar-refractivity contribution in [1.82, 2.24) is 14.9 Å². The molecule has 0 atom stereocenters. The smallest absolute Gasteiger partial charge is 0.243 e. The van der Waals surface area contributed by atoms with Crippen LogP contribution in [0.25, 0.3) is 11.0 Å². The summed E-state index contributed by atoms with van der Waals surface area (Å²) in [6.07, 6.45) is 10.3. The summed E-state index contributed by atoms with van der Waals surface area (Å²) >= 11 is 0. The first-order chi connectivity index (χ1) is 11.8. The van der Waals surface area contributed by atoms with Crippen LogP contribution >= 0.6 is 0 Å². The van der Waals surface area contributed by atoms with Crippen LogP contribution in [0.15, 0.2) is 36.9 Å². The predicted octanol–water partition coefficient (Wildman–Crippen LogP) is 4.59. The molecule has 0 aliphatic rings. The van der Waals surface area contributed by atoms with Crippen LogP contribution in [-0.4, -0.2) is 15.5 Å². The Kier molecular flexibility index (Phi) is 7.53. The second kappa shape index (κ2) is 9.91. The van der Waals surface area contributed by atoms with Crippen LogP contribution in [0.1, 0.15) is 57.7 Å². The Bertz CT molecular complexity index is 660. The molecule has 1 N–H and O–H groups in total. The van der Waals surface area contributed by atoms with Gasteiger partial charge in [0.15, 0.2) is 0 Å². The first kappa shape index (κ1) is 18.2. The molecule has 4 nitrogen and oxygen atoms in total. The van der Waals surface area contributed by atoms with Crippen LogP contribution in [0.3, 0.4) is 0 Å². The summed E-state index contributed by atoms with van der Waals surface area (Å²) in [5, 5.41) is 2.83. The molecule has 0 spiro atoms. The maximum Gasteiger partial charge on any atom is 0.243 e. The standard InChI is InChI=1S/C20H29N3O/c1-3-5-6-7-8-9-12-15-23-18-14-11-10-13-17(18)22-19(23)16-21-20(24)4-2/h4,10-11,13-14H,2-3,5-9,12,15-16H2,1H3,(H,21,24). The zero-order chi connectivity index (χ0) is 17.2. The molecular weight excluding hydrogens is 298 g/mol. The maximum atomic E-state index is 11.4. The number of benzene rings is 1. The van der Waals surface area contributed by atoms with Gasteiger partial charge in [-0.2, -0.15) is 0 Å². The van der Waals surface area contributed by atoms with Crippen LogP contribution in [0.2, 0.25) is 0 Å². The van der Waals surface area contributed by atoms with Gasteiger partial charge in [-0.25, -0.2) is 4.98 Å². The molecule has 4 heteroatoms. The number of nitrogens with one attached hydrogen (secondary N) is 1. The molecule has 0 aliphatic heterocycles. The van der Waals surface area contributed by atoms with Crippen LogP contribution in [0, 0.1) is 0 Å². The fraction of sp³-hybridized carbons (Fsp3) is 0.500. The van der Waals surface area contributed by atoms with Crippen molar-refractivity contribution in [1.29, 1.82) is 0 Å². The summed E-state index contributed by atoms with van der Waals surface area (Å²) in [5.41, 5.74) is 2.13. The Morgan fingerprint density at radius 3 is 2.62 bits per heavy atom. The van der Waals surface area contributed by atoms with Crippen molar-refractivity contribution in [2.24, 2.45) is 0 Å². The monoisotopic (exact) mass is 327 g/mol. The Balaban J connectivity index is 1.95. The van der Waals surface area contributed by atoms with Gasteiger partial charge in [0.25, 0.3) is 0 Å². The quantitative estimate of drug-likeness (QED) is 0.485. The van der Waals surface area contributed by atoms with Crippen LogP contribution in [0.4, 0.5) is 0 Å². The summed E-state index contributed by atoms with van der Waals surface area (Å²) in [6.45, 7) is 7.13. The van der Waals surface area contributed by atoms with Crippen LogP contribution in [0.5, 0.6) is 0 Å². The van der Waals surface area contributed by atoms with Gasteiger partial charge < -0.3 is 9.88 Å². The number of carbonyl (C=O) groups is 1. The third-order valence-corrected chi connectivity index (χ3v) is 4.33. The second-order valence-electron chi connectivity index (χ2n) is 6.21. The van der Waals surface area contributed by atoms with Gasteiger partial charge in [0.1, 0.15) is 5.82 Å². The molecule has 0 saturated carbocycles. The van der Waals surface area contributed by atoms with Gasteiger partial charge in [0, 0.05) is 6.54 Å². The zero-order valence-corrected chi connectivity index (χ0v) is 14.8. The minimum absolute atomic E-state index is 0.162. The van der Waals surface area contributed by atoms with E-state index in [1.54, 1.807) is 0 Å². The Morgan fingerprint density at radius 2 is 1.88 bits per heavy atom. The van der Waals surface area contributed by atoms with E-state index < -0.39 is 0 Å². The van der Waals surface area contributed by atoms with Crippen molar-refractivity contribution in [3.05, 3.63) is 42.7 Å². The van der Waals surface area contributed by atoms with Crippen molar-refractivity contribution in [2.45, 2.75) is 65.0 Å². The zero-order valence-electron chi connectivity index (χ0n) is 14.8. The van der Waals surface area contributed by atoms with Gasteiger partial charge in [-0.05, 0) is 24.6 Å². The Morgan fingerprint density at radius 1 is 1.17 bits per heavy atom. The number of fused-ring (bicyclic) bond motifs is 1. The average Bonchev–Trinajstić information content (AvgIpc) is 2.96. The number of unbranched alkanes of at least 4 members (excludes halogenated alkanes) is 6. The number of hydrogen-bond donors (Lipinski definition) is 1. The first-order valence-electron chi connectivity index (χ1n) is 9.10. The maximum absolute atomic E-state index is 11.4. The van der Waals surface area contributed by atoms with E-state index in [2.05, 4.69) is 34.4 Å². The molecule has 1 aromatic heterocycles. The number of para-hydroxylation sites is 2. The molecule has 0 aliphatic carbocycles. The lowest BCUT2D eigenvalue weighted by Crippen LogP contribution is -2.22. The highest BCUT2D eigenvalue weighted by Crippen LogP contribution is 2.17. The largest absolute Gasteiger partial charge is 0.345 e. The lowest BCUT2D eigenvalue weighted by molar-refractivity contribution is -0.116. The normalized spacial score (nSPS) is 10.9. The molecular formula is C20H29N3O. The molecule has 0 saturated heterocycles. The summed E-state index contributed by atoms with van der Waals surface area (Å²) in [4.78, 5) is 16.1. The van der Waals surface area contributed by atoms with Gasteiger partial charge in [-0.15, -0.1) is 0 Å². The molecule has 0 unspecified atom stereocenters. The minimum atomic E-state index is -0.162. The fourth-order valence-electron chi connectivity index (χ4n) is 2.98. The molecule has 24 heavy (non-hydrogen) atoms. The van der Waals surface area contributed by atoms with E-state index >= 15 is 0 Å². The number of nitrogens with zero attached hydrogens (tertiary/aromatic N) is 2. The number of amides is 1. The summed E-state index contributed by atoms with van der Waals surface area (Å²) in [5.74, 6) is 0.752. The number of aryl methyl sites for hydroxylation is 1. The van der Waals surface area contributed by atoms with Gasteiger partial charge in [0.05, 0.1) is 17.6 Å². The summed E-state index contributed by atoms with van der Waals surface area (Å²) < 4.78 is 2.24. The highest BCUT2D eigenvalue weighted by molar-refractivity contribution is 5.86. The van der Waals surface area contributed by atoms with Crippen molar-refractivity contribution in [2.75, 3.05) is 0 Å². The highest BCUT2D eigenvalue weighted by Gasteiger charge is 2.10. The van der Waals surface area contributed by atoms with Crippen molar-refractivity contribution >= 4 is 16.9 Å². The van der Waals surface area contributed by atoms with Crippen molar-refractivity contribution < 1.29 is 4.79 Å². The molecule has 2 rings (SSSR count). The third-order valence-electron chi connectivity index (χ3n) is 4.33. The van der Waals surface area contributed by atoms with Gasteiger partial charge >= 0.3 is 0 Å². The van der Waals surface area contributed by atoms with Gasteiger partial charge in [-0.3, -0.25) is 4.79 Å². The van der Waals surface area contributed by atoms with E-state index in [1.807, 2.05) is 18.2 Å². The Hall–Kier alpha value is -2.10. The van der Waals surface area contributed by atoms with Gasteiger partial charge in [0.2, 0.25) is 5.91 Å². The van der Waals surface area contributed by atoms with Crippen molar-refractivity contribution in [3.8, 4) is 0 Å². The second-order valence-corrected chi connectivity index (χ2v) is 6.21. The predicted molar refractivity (Wildman–Crippen MR) is 99.8 cm³/mol. The molecule has 0 bridgehead atoms. The molecule has 130 valence electrons. The van der Waals surface area contributed by atoms with E-state index in [0.717, 1.165) is 29.8 Å². The summed E-state index contributed by atoms with van der Waals surface area (Å²) in [6, 6.07) is 8.16. The van der Waals surface area contributed by atoms with Crippen LogP contribution in [-0.2, 0) is 17.9 Å². The van der Waals surface area contributed by atoms with E-state index in [4.69, 9.17) is 0 Å². The topological polar surface area (TPSA) is 46.9 Å². The molecule has 0 radical (unpaired) electrons. The fourth-order valence-corrected chi connectivity index (χ4v) is 2.98. The molecule has 0 fully saturated rings. The number of hydrogen-bond acceptors (Lipinski definition) is 2. The van der Waals surface area contributed by atoms with E-state index in [1.165, 1.54) is 44.6 Å². The van der Waals surface area contributed by atoms with E-state index in [-0.39, 0.29) is 5.91 Å². The lowest BCUT2D eigenvalue weighted by atomic mass is 10.1. The lowest BCUT2D eigenvalue weighted by Gasteiger charge is -2.09. The molecule has 2 aromatic rings. The number of aromatic nitrogens is 2. The SMILES string of the molecule is C=CC(=O)NCc1nc2ccccc2n1CCCCCCCCC. The molecule has 1 aromatic carbocycles. The van der Waals surface area contributed by atoms with Crippen molar-refractivity contribution in [3.63, 3.8) is 0 Å². The van der Waals surface area contributed by atoms with Gasteiger partial charge in [-0.1, -0.05) is 64.2 Å². The van der Waals surface area contributed by atoms with E-state index in [9.17, 15) is 4.79 Å². The number of carbonyl (C=O) groups excluding carboxylic acids is 1. The number of rotatable bonds is 11. The highest BCUT2D eigenvalue weighted by atomic mass is 16.1. The third kappa shape index (κ3) is 5.22. The first-order valence-corrected chi connectivity index (χ1v) is 9.10. The Labute approximate surface area is 145 Å². The molecule has 1 heterocycles. The molecule has 1 amide bonds. The van der Waals surface area contributed by atoms with E-state index in [0.29, 0.717) is 6.54 Å². The van der Waals surface area contributed by atoms with Crippen LogP contribution < -0.4 is 5.32 Å².